The third-order valence-corrected chi connectivity index (χ3v) is 5.20. The van der Waals surface area contributed by atoms with Crippen LogP contribution in [-0.4, -0.2) is 56.7 Å². The molecule has 0 spiro atoms. The molecule has 1 aliphatic heterocycles. The number of aromatic nitrogens is 4. The summed E-state index contributed by atoms with van der Waals surface area (Å²) in [6.07, 6.45) is 3.86. The smallest absolute Gasteiger partial charge is 0.323 e. The molecule has 0 atom stereocenters. The minimum Gasteiger partial charge on any atom is -0.365 e. The van der Waals surface area contributed by atoms with Crippen molar-refractivity contribution in [2.75, 3.05) is 36.4 Å². The van der Waals surface area contributed by atoms with E-state index in [-0.39, 0.29) is 6.03 Å². The predicted molar refractivity (Wildman–Crippen MR) is 114 cm³/mol. The molecule has 0 unspecified atom stereocenters. The zero-order valence-corrected chi connectivity index (χ0v) is 17.4. The summed E-state index contributed by atoms with van der Waals surface area (Å²) in [5.41, 5.74) is 5.45. The van der Waals surface area contributed by atoms with Crippen LogP contribution < -0.4 is 10.2 Å². The first-order valence-electron chi connectivity index (χ1n) is 9.84. The van der Waals surface area contributed by atoms with E-state index in [2.05, 4.69) is 52.5 Å². The van der Waals surface area contributed by atoms with Gasteiger partial charge in [0.25, 0.3) is 0 Å². The molecular weight excluding hydrogens is 366 g/mol. The lowest BCUT2D eigenvalue weighted by Crippen LogP contribution is -2.50. The first-order valence-corrected chi connectivity index (χ1v) is 9.84. The molecule has 2 aromatic heterocycles. The summed E-state index contributed by atoms with van der Waals surface area (Å²) in [4.78, 5) is 16.8. The maximum absolute atomic E-state index is 12.7. The Morgan fingerprint density at radius 3 is 2.28 bits per heavy atom. The van der Waals surface area contributed by atoms with Gasteiger partial charge in [0.05, 0.1) is 17.6 Å². The average Bonchev–Trinajstić information content (AvgIpc) is 3.26. The Bertz CT molecular complexity index is 1010. The first-order chi connectivity index (χ1) is 13.9. The second-order valence-corrected chi connectivity index (χ2v) is 7.71. The maximum Gasteiger partial charge on any atom is 0.323 e. The Morgan fingerprint density at radius 2 is 1.66 bits per heavy atom. The highest BCUT2D eigenvalue weighted by atomic mass is 16.2. The van der Waals surface area contributed by atoms with E-state index in [1.54, 1.807) is 4.68 Å². The number of hydrogen-bond donors (Lipinski definition) is 1. The summed E-state index contributed by atoms with van der Waals surface area (Å²) in [6, 6.07) is 8.12. The number of urea groups is 1. The van der Waals surface area contributed by atoms with Crippen molar-refractivity contribution in [3.05, 3.63) is 53.5 Å². The normalized spacial score (nSPS) is 14.3. The summed E-state index contributed by atoms with van der Waals surface area (Å²) in [7, 11) is 1.91. The minimum atomic E-state index is -0.110. The molecule has 152 valence electrons. The van der Waals surface area contributed by atoms with Crippen LogP contribution in [0.25, 0.3) is 5.69 Å². The second-order valence-electron chi connectivity index (χ2n) is 7.71. The molecule has 8 nitrogen and oxygen atoms in total. The fourth-order valence-electron chi connectivity index (χ4n) is 3.80. The average molecular weight is 393 g/mol. The SMILES string of the molecule is Cc1cc(C)cc(-n2nc(NC(=O)N3CCN(c4cnn(C)c4)CC3)cc2C)c1. The number of nitrogens with one attached hydrogen (secondary N) is 1. The number of anilines is 2. The highest BCUT2D eigenvalue weighted by Crippen LogP contribution is 2.19. The molecule has 0 radical (unpaired) electrons. The predicted octanol–water partition coefficient (Wildman–Crippen LogP) is 2.89. The van der Waals surface area contributed by atoms with Gasteiger partial charge in [-0.15, -0.1) is 5.10 Å². The molecule has 1 fully saturated rings. The van der Waals surface area contributed by atoms with E-state index in [4.69, 9.17) is 0 Å². The van der Waals surface area contributed by atoms with Crippen molar-refractivity contribution in [1.82, 2.24) is 24.5 Å². The number of carbonyl (C=O) groups is 1. The lowest BCUT2D eigenvalue weighted by atomic mass is 10.1. The minimum absolute atomic E-state index is 0.110. The van der Waals surface area contributed by atoms with Gasteiger partial charge in [-0.2, -0.15) is 5.10 Å². The van der Waals surface area contributed by atoms with Gasteiger partial charge in [-0.05, 0) is 44.0 Å². The molecule has 0 saturated carbocycles. The second kappa shape index (κ2) is 7.62. The van der Waals surface area contributed by atoms with E-state index >= 15 is 0 Å². The zero-order valence-electron chi connectivity index (χ0n) is 17.4. The number of aryl methyl sites for hydroxylation is 4. The van der Waals surface area contributed by atoms with Crippen LogP contribution >= 0.6 is 0 Å². The standard InChI is InChI=1S/C21H27N7O/c1-15-9-16(2)11-18(10-15)28-17(3)12-20(24-28)23-21(29)27-7-5-26(6-8-27)19-13-22-25(4)14-19/h9-14H,5-8H2,1-4H3,(H,23,24,29). The molecule has 1 aromatic carbocycles. The Morgan fingerprint density at radius 1 is 0.966 bits per heavy atom. The van der Waals surface area contributed by atoms with Crippen molar-refractivity contribution in [2.24, 2.45) is 7.05 Å². The molecule has 0 bridgehead atoms. The summed E-state index contributed by atoms with van der Waals surface area (Å²) >= 11 is 0. The number of carbonyl (C=O) groups excluding carboxylic acids is 1. The van der Waals surface area contributed by atoms with Crippen LogP contribution in [0.3, 0.4) is 0 Å². The highest BCUT2D eigenvalue weighted by Gasteiger charge is 2.22. The fourth-order valence-corrected chi connectivity index (χ4v) is 3.80. The number of nitrogens with zero attached hydrogens (tertiary/aromatic N) is 6. The van der Waals surface area contributed by atoms with E-state index in [9.17, 15) is 4.79 Å². The number of piperazine rings is 1. The number of amides is 2. The molecule has 1 aliphatic rings. The molecule has 1 N–H and O–H groups in total. The fraction of sp³-hybridized carbons (Fsp3) is 0.381. The number of hydrogen-bond acceptors (Lipinski definition) is 4. The lowest BCUT2D eigenvalue weighted by Gasteiger charge is -2.35. The summed E-state index contributed by atoms with van der Waals surface area (Å²) in [5.74, 6) is 0.571. The molecule has 3 heterocycles. The number of benzene rings is 1. The van der Waals surface area contributed by atoms with Gasteiger partial charge in [-0.1, -0.05) is 6.07 Å². The first kappa shape index (κ1) is 19.0. The molecule has 8 heteroatoms. The van der Waals surface area contributed by atoms with Crippen molar-refractivity contribution < 1.29 is 4.79 Å². The monoisotopic (exact) mass is 393 g/mol. The topological polar surface area (TPSA) is 71.2 Å². The van der Waals surface area contributed by atoms with E-state index in [1.165, 1.54) is 11.1 Å². The maximum atomic E-state index is 12.7. The van der Waals surface area contributed by atoms with E-state index < -0.39 is 0 Å². The Balaban J connectivity index is 1.40. The van der Waals surface area contributed by atoms with Gasteiger partial charge < -0.3 is 9.80 Å². The summed E-state index contributed by atoms with van der Waals surface area (Å²) < 4.78 is 3.67. The highest BCUT2D eigenvalue weighted by molar-refractivity contribution is 5.88. The summed E-state index contributed by atoms with van der Waals surface area (Å²) in [5, 5.41) is 11.8. The molecule has 0 aliphatic carbocycles. The van der Waals surface area contributed by atoms with Gasteiger partial charge in [0.2, 0.25) is 0 Å². The third-order valence-electron chi connectivity index (χ3n) is 5.20. The van der Waals surface area contributed by atoms with Crippen LogP contribution in [-0.2, 0) is 7.05 Å². The molecular formula is C21H27N7O. The quantitative estimate of drug-likeness (QED) is 0.743. The Kier molecular flexibility index (Phi) is 5.00. The molecule has 2 amide bonds. The van der Waals surface area contributed by atoms with E-state index in [1.807, 2.05) is 42.0 Å². The van der Waals surface area contributed by atoms with Gasteiger partial charge in [-0.25, -0.2) is 9.48 Å². The van der Waals surface area contributed by atoms with Gasteiger partial charge in [-0.3, -0.25) is 10.00 Å². The largest absolute Gasteiger partial charge is 0.365 e. The van der Waals surface area contributed by atoms with Crippen molar-refractivity contribution >= 4 is 17.5 Å². The Labute approximate surface area is 170 Å². The van der Waals surface area contributed by atoms with Crippen molar-refractivity contribution in [3.63, 3.8) is 0 Å². The van der Waals surface area contributed by atoms with Gasteiger partial charge in [0, 0.05) is 51.2 Å². The van der Waals surface area contributed by atoms with Crippen LogP contribution in [0.15, 0.2) is 36.7 Å². The number of rotatable bonds is 3. The molecule has 3 aromatic rings. The van der Waals surface area contributed by atoms with Gasteiger partial charge in [0.15, 0.2) is 5.82 Å². The van der Waals surface area contributed by atoms with Crippen LogP contribution in [0.2, 0.25) is 0 Å². The van der Waals surface area contributed by atoms with Crippen LogP contribution in [0.1, 0.15) is 16.8 Å². The van der Waals surface area contributed by atoms with Crippen molar-refractivity contribution in [2.45, 2.75) is 20.8 Å². The summed E-state index contributed by atoms with van der Waals surface area (Å²) in [6.45, 7) is 9.04. The van der Waals surface area contributed by atoms with Crippen LogP contribution in [0.4, 0.5) is 16.3 Å². The molecule has 4 rings (SSSR count). The van der Waals surface area contributed by atoms with Crippen LogP contribution in [0.5, 0.6) is 0 Å². The zero-order chi connectivity index (χ0) is 20.5. The lowest BCUT2D eigenvalue weighted by molar-refractivity contribution is 0.208. The van der Waals surface area contributed by atoms with Crippen molar-refractivity contribution in [1.29, 1.82) is 0 Å². The molecule has 1 saturated heterocycles. The third kappa shape index (κ3) is 4.11. The molecule has 29 heavy (non-hydrogen) atoms. The van der Waals surface area contributed by atoms with Crippen LogP contribution in [0, 0.1) is 20.8 Å². The van der Waals surface area contributed by atoms with E-state index in [0.717, 1.165) is 30.2 Å². The van der Waals surface area contributed by atoms with E-state index in [0.29, 0.717) is 18.9 Å². The van der Waals surface area contributed by atoms with Gasteiger partial charge in [0.1, 0.15) is 0 Å². The van der Waals surface area contributed by atoms with Crippen molar-refractivity contribution in [3.8, 4) is 5.69 Å². The Hall–Kier alpha value is -3.29. The van der Waals surface area contributed by atoms with Gasteiger partial charge >= 0.3 is 6.03 Å².